The van der Waals surface area contributed by atoms with Gasteiger partial charge >= 0.3 is 0 Å². The minimum absolute atomic E-state index is 0. The molecule has 5 nitrogen and oxygen atoms in total. The molecule has 2 atom stereocenters. The lowest BCUT2D eigenvalue weighted by Crippen LogP contribution is -2.56. The van der Waals surface area contributed by atoms with Gasteiger partial charge in [0.1, 0.15) is 18.5 Å². The van der Waals surface area contributed by atoms with Gasteiger partial charge in [0.25, 0.3) is 0 Å². The van der Waals surface area contributed by atoms with Crippen LogP contribution >= 0.6 is 0 Å². The summed E-state index contributed by atoms with van der Waals surface area (Å²) in [6.07, 6.45) is -1.57. The van der Waals surface area contributed by atoms with E-state index in [1.54, 1.807) is 0 Å². The van der Waals surface area contributed by atoms with Crippen LogP contribution in [0.25, 0.3) is 0 Å². The minimum atomic E-state index is -1.05. The second-order valence-electron chi connectivity index (χ2n) is 5.32. The van der Waals surface area contributed by atoms with Gasteiger partial charge in [-0.05, 0) is 24.7 Å². The first-order chi connectivity index (χ1) is 8.11. The van der Waals surface area contributed by atoms with Crippen LogP contribution in [0.5, 0.6) is 0 Å². The molecule has 2 aliphatic rings. The minimum Gasteiger partial charge on any atom is -0.412 e. The molecule has 0 aromatic rings. The normalized spacial score (nSPS) is 42.4. The molecule has 2 rings (SSSR count). The van der Waals surface area contributed by atoms with Gasteiger partial charge in [0.15, 0.2) is 0 Å². The Morgan fingerprint density at radius 3 is 1.95 bits per heavy atom. The van der Waals surface area contributed by atoms with E-state index < -0.39 is 18.3 Å². The molecule has 0 aromatic heterocycles. The molecule has 0 bridgehead atoms. The third-order valence-electron chi connectivity index (χ3n) is 3.93. The second-order valence-corrected chi connectivity index (χ2v) is 5.32. The van der Waals surface area contributed by atoms with E-state index >= 15 is 0 Å². The number of alkyl halides is 2. The molecule has 19 heavy (non-hydrogen) atoms. The molecule has 7 heteroatoms. The Morgan fingerprint density at radius 1 is 1.05 bits per heavy atom. The van der Waals surface area contributed by atoms with E-state index in [1.807, 2.05) is 13.0 Å². The van der Waals surface area contributed by atoms with Crippen LogP contribution in [-0.2, 0) is 0 Å². The number of hydrogen-bond donors (Lipinski definition) is 2. The van der Waals surface area contributed by atoms with Crippen molar-refractivity contribution in [3.63, 3.8) is 0 Å². The summed E-state index contributed by atoms with van der Waals surface area (Å²) in [5.74, 6) is -0.449. The molecular weight excluding hydrogens is 256 g/mol. The number of nitrogens with one attached hydrogen (secondary N) is 2. The monoisotopic (exact) mass is 279 g/mol. The van der Waals surface area contributed by atoms with E-state index in [2.05, 4.69) is 10.6 Å². The van der Waals surface area contributed by atoms with Gasteiger partial charge in [0.05, 0.1) is 6.07 Å². The first-order valence-electron chi connectivity index (χ1n) is 6.26. The average molecular weight is 279 g/mol. The Kier molecular flexibility index (Phi) is 7.37. The van der Waals surface area contributed by atoms with Crippen molar-refractivity contribution in [1.29, 1.82) is 5.26 Å². The molecule has 0 amide bonds. The highest BCUT2D eigenvalue weighted by Crippen LogP contribution is 2.37. The second kappa shape index (κ2) is 7.70. The molecule has 1 heterocycles. The van der Waals surface area contributed by atoms with E-state index in [4.69, 9.17) is 5.26 Å². The fourth-order valence-electron chi connectivity index (χ4n) is 3.04. The molecule has 1 aliphatic heterocycles. The number of halogens is 2. The summed E-state index contributed by atoms with van der Waals surface area (Å²) in [6.45, 7) is 2.94. The van der Waals surface area contributed by atoms with Crippen LogP contribution < -0.4 is 10.6 Å². The van der Waals surface area contributed by atoms with Crippen molar-refractivity contribution in [3.8, 4) is 6.07 Å². The van der Waals surface area contributed by atoms with Crippen LogP contribution in [-0.4, -0.2) is 42.6 Å². The number of rotatable bonds is 1. The molecule has 1 saturated carbocycles. The summed E-state index contributed by atoms with van der Waals surface area (Å²) in [5, 5.41) is 14.6. The van der Waals surface area contributed by atoms with Crippen LogP contribution in [0.4, 0.5) is 8.78 Å². The SMILES string of the molecule is CC1CC(F)C(C2CNC(C#N)NC2)C(F)C1.O.O. The molecule has 0 spiro atoms. The van der Waals surface area contributed by atoms with Gasteiger partial charge in [0, 0.05) is 19.0 Å². The maximum Gasteiger partial charge on any atom is 0.147 e. The highest BCUT2D eigenvalue weighted by atomic mass is 19.1. The fraction of sp³-hybridized carbons (Fsp3) is 0.917. The van der Waals surface area contributed by atoms with Crippen molar-refractivity contribution in [1.82, 2.24) is 10.6 Å². The van der Waals surface area contributed by atoms with E-state index in [0.717, 1.165) is 0 Å². The number of nitrogens with zero attached hydrogens (tertiary/aromatic N) is 1. The number of hydrogen-bond acceptors (Lipinski definition) is 3. The van der Waals surface area contributed by atoms with Crippen LogP contribution in [0.15, 0.2) is 0 Å². The fourth-order valence-corrected chi connectivity index (χ4v) is 3.04. The molecule has 2 unspecified atom stereocenters. The molecular formula is C12H23F2N3O2. The van der Waals surface area contributed by atoms with E-state index in [1.165, 1.54) is 0 Å². The van der Waals surface area contributed by atoms with Crippen molar-refractivity contribution in [3.05, 3.63) is 0 Å². The van der Waals surface area contributed by atoms with Gasteiger partial charge in [-0.25, -0.2) is 8.78 Å². The third kappa shape index (κ3) is 4.08. The molecule has 112 valence electrons. The summed E-state index contributed by atoms with van der Waals surface area (Å²) < 4.78 is 27.9. The first-order valence-corrected chi connectivity index (χ1v) is 6.26. The van der Waals surface area contributed by atoms with E-state index in [-0.39, 0.29) is 29.0 Å². The standard InChI is InChI=1S/C12H19F2N3.2H2O/c1-7-2-9(13)12(10(14)3-7)8-5-16-11(4-15)17-6-8;;/h7-12,16-17H,2-3,5-6H2,1H3;2*1H2. The molecule has 1 saturated heterocycles. The first kappa shape index (κ1) is 18.2. The maximum absolute atomic E-state index is 14.0. The van der Waals surface area contributed by atoms with Crippen LogP contribution in [0.3, 0.4) is 0 Å². The molecule has 0 aromatic carbocycles. The van der Waals surface area contributed by atoms with Crippen LogP contribution in [0.1, 0.15) is 19.8 Å². The summed E-state index contributed by atoms with van der Waals surface area (Å²) in [6, 6.07) is 2.05. The predicted octanol–water partition coefficient (Wildman–Crippen LogP) is -0.282. The lowest BCUT2D eigenvalue weighted by atomic mass is 9.73. The third-order valence-corrected chi connectivity index (χ3v) is 3.93. The Labute approximate surface area is 112 Å². The topological polar surface area (TPSA) is 111 Å². The summed E-state index contributed by atoms with van der Waals surface area (Å²) in [5.41, 5.74) is 0. The highest BCUT2D eigenvalue weighted by molar-refractivity contribution is 4.97. The van der Waals surface area contributed by atoms with E-state index in [0.29, 0.717) is 25.9 Å². The van der Waals surface area contributed by atoms with Gasteiger partial charge in [-0.3, -0.25) is 10.6 Å². The highest BCUT2D eigenvalue weighted by Gasteiger charge is 2.42. The van der Waals surface area contributed by atoms with Gasteiger partial charge in [-0.1, -0.05) is 6.92 Å². The van der Waals surface area contributed by atoms with Crippen molar-refractivity contribution in [2.24, 2.45) is 17.8 Å². The average Bonchev–Trinajstić information content (AvgIpc) is 2.28. The summed E-state index contributed by atoms with van der Waals surface area (Å²) >= 11 is 0. The Hall–Kier alpha value is -0.810. The van der Waals surface area contributed by atoms with Gasteiger partial charge < -0.3 is 11.0 Å². The van der Waals surface area contributed by atoms with Gasteiger partial charge in [0.2, 0.25) is 0 Å². The van der Waals surface area contributed by atoms with Crippen molar-refractivity contribution in [2.45, 2.75) is 38.3 Å². The summed E-state index contributed by atoms with van der Waals surface area (Å²) in [7, 11) is 0. The molecule has 6 N–H and O–H groups in total. The Morgan fingerprint density at radius 2 is 1.53 bits per heavy atom. The molecule has 0 radical (unpaired) electrons. The summed E-state index contributed by atoms with van der Waals surface area (Å²) in [4.78, 5) is 0. The quantitative estimate of drug-likeness (QED) is 0.688. The zero-order chi connectivity index (χ0) is 12.4. The van der Waals surface area contributed by atoms with Crippen LogP contribution in [0.2, 0.25) is 0 Å². The lowest BCUT2D eigenvalue weighted by molar-refractivity contribution is 0.00699. The van der Waals surface area contributed by atoms with Crippen molar-refractivity contribution < 1.29 is 19.7 Å². The van der Waals surface area contributed by atoms with E-state index in [9.17, 15) is 8.78 Å². The van der Waals surface area contributed by atoms with Gasteiger partial charge in [-0.2, -0.15) is 5.26 Å². The predicted molar refractivity (Wildman–Crippen MR) is 67.8 cm³/mol. The lowest BCUT2D eigenvalue weighted by Gasteiger charge is -2.40. The van der Waals surface area contributed by atoms with Crippen molar-refractivity contribution in [2.75, 3.05) is 13.1 Å². The Bertz CT molecular complexity index is 294. The zero-order valence-corrected chi connectivity index (χ0v) is 11.0. The molecule has 2 fully saturated rings. The Balaban J connectivity index is 0.00000162. The number of nitriles is 1. The van der Waals surface area contributed by atoms with Crippen LogP contribution in [0, 0.1) is 29.1 Å². The zero-order valence-electron chi connectivity index (χ0n) is 11.0. The maximum atomic E-state index is 14.0. The largest absolute Gasteiger partial charge is 0.412 e. The van der Waals surface area contributed by atoms with Crippen molar-refractivity contribution >= 4 is 0 Å². The molecule has 1 aliphatic carbocycles. The van der Waals surface area contributed by atoms with Gasteiger partial charge in [-0.15, -0.1) is 0 Å². The smallest absolute Gasteiger partial charge is 0.147 e.